The highest BCUT2D eigenvalue weighted by Crippen LogP contribution is 2.25. The van der Waals surface area contributed by atoms with Crippen LogP contribution in [0.15, 0.2) is 42.7 Å². The van der Waals surface area contributed by atoms with Crippen LogP contribution >= 0.6 is 0 Å². The quantitative estimate of drug-likeness (QED) is 0.863. The number of benzene rings is 1. The molecule has 2 N–H and O–H groups in total. The SMILES string of the molecule is Cc1nccnc1NC(C)(CO)c1ccccc1. The van der Waals surface area contributed by atoms with Crippen LogP contribution in [-0.4, -0.2) is 21.7 Å². The Kier molecular flexibility index (Phi) is 3.58. The zero-order chi connectivity index (χ0) is 13.0. The van der Waals surface area contributed by atoms with Gasteiger partial charge < -0.3 is 10.4 Å². The fourth-order valence-electron chi connectivity index (χ4n) is 1.80. The van der Waals surface area contributed by atoms with Crippen LogP contribution in [0.3, 0.4) is 0 Å². The van der Waals surface area contributed by atoms with E-state index in [9.17, 15) is 5.11 Å². The average molecular weight is 243 g/mol. The number of aromatic nitrogens is 2. The molecule has 0 amide bonds. The summed E-state index contributed by atoms with van der Waals surface area (Å²) in [6.45, 7) is 3.81. The lowest BCUT2D eigenvalue weighted by atomic mass is 9.93. The molecular formula is C14H17N3O. The summed E-state index contributed by atoms with van der Waals surface area (Å²) < 4.78 is 0. The fourth-order valence-corrected chi connectivity index (χ4v) is 1.80. The van der Waals surface area contributed by atoms with Crippen LogP contribution in [0, 0.1) is 6.92 Å². The first-order valence-corrected chi connectivity index (χ1v) is 5.88. The van der Waals surface area contributed by atoms with E-state index in [0.717, 1.165) is 11.3 Å². The van der Waals surface area contributed by atoms with Gasteiger partial charge in [-0.15, -0.1) is 0 Å². The van der Waals surface area contributed by atoms with Crippen molar-refractivity contribution in [3.8, 4) is 0 Å². The molecule has 0 saturated heterocycles. The molecular weight excluding hydrogens is 226 g/mol. The molecule has 0 aliphatic rings. The van der Waals surface area contributed by atoms with E-state index in [-0.39, 0.29) is 6.61 Å². The zero-order valence-electron chi connectivity index (χ0n) is 10.6. The van der Waals surface area contributed by atoms with E-state index in [1.54, 1.807) is 12.4 Å². The van der Waals surface area contributed by atoms with Crippen LogP contribution in [0.4, 0.5) is 5.82 Å². The van der Waals surface area contributed by atoms with Gasteiger partial charge in [0.05, 0.1) is 17.8 Å². The molecule has 4 heteroatoms. The summed E-state index contributed by atoms with van der Waals surface area (Å²) in [5, 5.41) is 12.9. The summed E-state index contributed by atoms with van der Waals surface area (Å²) >= 11 is 0. The predicted molar refractivity (Wildman–Crippen MR) is 71.3 cm³/mol. The average Bonchev–Trinajstić information content (AvgIpc) is 2.42. The number of aliphatic hydroxyl groups excluding tert-OH is 1. The number of nitrogens with zero attached hydrogens (tertiary/aromatic N) is 2. The van der Waals surface area contributed by atoms with Gasteiger partial charge in [-0.25, -0.2) is 4.98 Å². The molecule has 0 saturated carbocycles. The monoisotopic (exact) mass is 243 g/mol. The molecule has 94 valence electrons. The van der Waals surface area contributed by atoms with Crippen molar-refractivity contribution in [2.45, 2.75) is 19.4 Å². The Bertz CT molecular complexity index is 515. The first-order valence-electron chi connectivity index (χ1n) is 5.88. The fraction of sp³-hybridized carbons (Fsp3) is 0.286. The lowest BCUT2D eigenvalue weighted by Crippen LogP contribution is -2.36. The van der Waals surface area contributed by atoms with E-state index in [1.165, 1.54) is 0 Å². The van der Waals surface area contributed by atoms with Crippen molar-refractivity contribution in [3.05, 3.63) is 54.0 Å². The van der Waals surface area contributed by atoms with Crippen LogP contribution < -0.4 is 5.32 Å². The van der Waals surface area contributed by atoms with Gasteiger partial charge in [0.15, 0.2) is 0 Å². The minimum atomic E-state index is -0.567. The van der Waals surface area contributed by atoms with Crippen LogP contribution in [0.25, 0.3) is 0 Å². The van der Waals surface area contributed by atoms with Crippen molar-refractivity contribution in [3.63, 3.8) is 0 Å². The molecule has 0 radical (unpaired) electrons. The number of nitrogens with one attached hydrogen (secondary N) is 1. The smallest absolute Gasteiger partial charge is 0.148 e. The molecule has 4 nitrogen and oxygen atoms in total. The van der Waals surface area contributed by atoms with E-state index in [1.807, 2.05) is 44.2 Å². The summed E-state index contributed by atoms with van der Waals surface area (Å²) in [6.07, 6.45) is 3.29. The van der Waals surface area contributed by atoms with Crippen molar-refractivity contribution >= 4 is 5.82 Å². The zero-order valence-corrected chi connectivity index (χ0v) is 10.6. The van der Waals surface area contributed by atoms with Crippen molar-refractivity contribution in [2.24, 2.45) is 0 Å². The van der Waals surface area contributed by atoms with Gasteiger partial charge in [-0.3, -0.25) is 4.98 Å². The number of aliphatic hydroxyl groups is 1. The Hall–Kier alpha value is -1.94. The molecule has 2 rings (SSSR count). The number of hydrogen-bond acceptors (Lipinski definition) is 4. The molecule has 0 spiro atoms. The Morgan fingerprint density at radius 2 is 1.83 bits per heavy atom. The first kappa shape index (κ1) is 12.5. The van der Waals surface area contributed by atoms with Crippen molar-refractivity contribution < 1.29 is 5.11 Å². The van der Waals surface area contributed by atoms with Gasteiger partial charge in [-0.05, 0) is 19.4 Å². The molecule has 0 fully saturated rings. The third-order valence-electron chi connectivity index (χ3n) is 3.00. The number of anilines is 1. The maximum atomic E-state index is 9.68. The third kappa shape index (κ3) is 2.49. The van der Waals surface area contributed by atoms with Crippen LogP contribution in [0.1, 0.15) is 18.2 Å². The summed E-state index contributed by atoms with van der Waals surface area (Å²) in [5.74, 6) is 0.693. The summed E-state index contributed by atoms with van der Waals surface area (Å²) in [5.41, 5.74) is 1.26. The molecule has 1 unspecified atom stereocenters. The molecule has 2 aromatic rings. The maximum Gasteiger partial charge on any atom is 0.148 e. The van der Waals surface area contributed by atoms with Gasteiger partial charge in [-0.2, -0.15) is 0 Å². The molecule has 1 atom stereocenters. The highest BCUT2D eigenvalue weighted by atomic mass is 16.3. The highest BCUT2D eigenvalue weighted by molar-refractivity contribution is 5.44. The van der Waals surface area contributed by atoms with Gasteiger partial charge in [0, 0.05) is 12.4 Å². The van der Waals surface area contributed by atoms with Crippen LogP contribution in [0.5, 0.6) is 0 Å². The molecule has 0 aliphatic carbocycles. The standard InChI is InChI=1S/C14H17N3O/c1-11-13(16-9-8-15-11)17-14(2,10-18)12-6-4-3-5-7-12/h3-9,18H,10H2,1-2H3,(H,16,17). The van der Waals surface area contributed by atoms with E-state index >= 15 is 0 Å². The minimum Gasteiger partial charge on any atom is -0.394 e. The van der Waals surface area contributed by atoms with Crippen molar-refractivity contribution in [1.82, 2.24) is 9.97 Å². The van der Waals surface area contributed by atoms with Crippen molar-refractivity contribution in [1.29, 1.82) is 0 Å². The minimum absolute atomic E-state index is 0.0208. The second-order valence-corrected chi connectivity index (χ2v) is 4.47. The lowest BCUT2D eigenvalue weighted by molar-refractivity contribution is 0.223. The van der Waals surface area contributed by atoms with Gasteiger partial charge in [0.1, 0.15) is 5.82 Å². The largest absolute Gasteiger partial charge is 0.394 e. The molecule has 1 aromatic heterocycles. The van der Waals surface area contributed by atoms with Gasteiger partial charge >= 0.3 is 0 Å². The number of rotatable bonds is 4. The lowest BCUT2D eigenvalue weighted by Gasteiger charge is -2.30. The summed E-state index contributed by atoms with van der Waals surface area (Å²) in [4.78, 5) is 8.44. The molecule has 18 heavy (non-hydrogen) atoms. The molecule has 0 aliphatic heterocycles. The van der Waals surface area contributed by atoms with Crippen LogP contribution in [0.2, 0.25) is 0 Å². The van der Waals surface area contributed by atoms with E-state index in [2.05, 4.69) is 15.3 Å². The third-order valence-corrected chi connectivity index (χ3v) is 3.00. The van der Waals surface area contributed by atoms with E-state index in [4.69, 9.17) is 0 Å². The second-order valence-electron chi connectivity index (χ2n) is 4.47. The Morgan fingerprint density at radius 1 is 1.17 bits per heavy atom. The normalized spacial score (nSPS) is 13.9. The highest BCUT2D eigenvalue weighted by Gasteiger charge is 2.26. The molecule has 1 aromatic carbocycles. The van der Waals surface area contributed by atoms with Crippen molar-refractivity contribution in [2.75, 3.05) is 11.9 Å². The Balaban J connectivity index is 2.32. The van der Waals surface area contributed by atoms with Gasteiger partial charge in [0.2, 0.25) is 0 Å². The molecule has 1 heterocycles. The van der Waals surface area contributed by atoms with E-state index in [0.29, 0.717) is 5.82 Å². The van der Waals surface area contributed by atoms with Gasteiger partial charge in [0.25, 0.3) is 0 Å². The summed E-state index contributed by atoms with van der Waals surface area (Å²) in [7, 11) is 0. The number of hydrogen-bond donors (Lipinski definition) is 2. The summed E-state index contributed by atoms with van der Waals surface area (Å²) in [6, 6.07) is 9.82. The van der Waals surface area contributed by atoms with E-state index < -0.39 is 5.54 Å². The van der Waals surface area contributed by atoms with Gasteiger partial charge in [-0.1, -0.05) is 30.3 Å². The Morgan fingerprint density at radius 3 is 2.44 bits per heavy atom. The number of aryl methyl sites for hydroxylation is 1. The first-order chi connectivity index (χ1) is 8.65. The second kappa shape index (κ2) is 5.14. The Labute approximate surface area is 107 Å². The predicted octanol–water partition coefficient (Wildman–Crippen LogP) is 2.10. The maximum absolute atomic E-state index is 9.68. The topological polar surface area (TPSA) is 58.0 Å². The van der Waals surface area contributed by atoms with Crippen LogP contribution in [-0.2, 0) is 5.54 Å². The molecule has 0 bridgehead atoms.